The molecule has 0 aliphatic heterocycles. The number of benzene rings is 1. The Morgan fingerprint density at radius 3 is 2.88 bits per heavy atom. The first-order valence-corrected chi connectivity index (χ1v) is 5.14. The summed E-state index contributed by atoms with van der Waals surface area (Å²) in [6.07, 6.45) is 0. The molecule has 6 heteroatoms. The van der Waals surface area contributed by atoms with Gasteiger partial charge in [0.2, 0.25) is 5.76 Å². The molecule has 17 heavy (non-hydrogen) atoms. The van der Waals surface area contributed by atoms with E-state index in [2.05, 4.69) is 0 Å². The van der Waals surface area contributed by atoms with Crippen LogP contribution in [0.4, 0.5) is 0 Å². The number of ether oxygens (including phenoxy) is 1. The van der Waals surface area contributed by atoms with E-state index in [0.717, 1.165) is 0 Å². The molecule has 0 unspecified atom stereocenters. The molecule has 0 saturated carbocycles. The minimum Gasteiger partial charge on any atom is -0.504 e. The predicted octanol–water partition coefficient (Wildman–Crippen LogP) is 3.58. The molecule has 0 radical (unpaired) electrons. The second-order valence-electron chi connectivity index (χ2n) is 3.18. The number of hydrogen-bond acceptors (Lipinski definition) is 4. The fraction of sp³-hybridized carbons (Fsp3) is 0.182. The molecule has 0 saturated heterocycles. The zero-order valence-electron chi connectivity index (χ0n) is 8.99. The van der Waals surface area contributed by atoms with Crippen LogP contribution < -0.4 is 0 Å². The zero-order valence-corrected chi connectivity index (χ0v) is 10.6. The molecule has 2 N–H and O–H groups in total. The van der Waals surface area contributed by atoms with Crippen LogP contribution in [0.5, 0.6) is 5.75 Å². The second kappa shape index (κ2) is 5.29. The average Bonchev–Trinajstić information content (AvgIpc) is 2.57. The van der Waals surface area contributed by atoms with Crippen LogP contribution in [0.1, 0.15) is 12.7 Å². The number of rotatable bonds is 2. The fourth-order valence-electron chi connectivity index (χ4n) is 1.42. The zero-order chi connectivity index (χ0) is 11.7. The monoisotopic (exact) mass is 275 g/mol. The molecule has 1 heterocycles. The number of aromatic hydroxyl groups is 1. The molecule has 2 rings (SSSR count). The van der Waals surface area contributed by atoms with Gasteiger partial charge in [-0.3, -0.25) is 5.41 Å². The maximum atomic E-state index is 9.84. The lowest BCUT2D eigenvalue weighted by atomic mass is 10.2. The molecule has 2 aromatic rings. The van der Waals surface area contributed by atoms with Gasteiger partial charge < -0.3 is 14.3 Å². The van der Waals surface area contributed by atoms with Crippen molar-refractivity contribution in [3.63, 3.8) is 0 Å². The molecule has 1 aromatic heterocycles. The van der Waals surface area contributed by atoms with Crippen LogP contribution in [0.2, 0.25) is 5.02 Å². The van der Waals surface area contributed by atoms with E-state index in [1.807, 2.05) is 0 Å². The Bertz CT molecular complexity index is 551. The van der Waals surface area contributed by atoms with Crippen LogP contribution >= 0.6 is 24.0 Å². The lowest BCUT2D eigenvalue weighted by Crippen LogP contribution is -2.03. The number of hydrogen-bond donors (Lipinski definition) is 2. The van der Waals surface area contributed by atoms with Crippen molar-refractivity contribution in [2.75, 3.05) is 6.61 Å². The molecular formula is C11H11Cl2NO3. The minimum absolute atomic E-state index is 0. The van der Waals surface area contributed by atoms with E-state index < -0.39 is 0 Å². The Morgan fingerprint density at radius 1 is 1.53 bits per heavy atom. The number of nitrogens with one attached hydrogen (secondary N) is 1. The van der Waals surface area contributed by atoms with Crippen LogP contribution in [0.15, 0.2) is 22.6 Å². The molecule has 0 fully saturated rings. The molecule has 92 valence electrons. The van der Waals surface area contributed by atoms with Gasteiger partial charge >= 0.3 is 0 Å². The second-order valence-corrected chi connectivity index (χ2v) is 3.62. The van der Waals surface area contributed by atoms with Crippen molar-refractivity contribution in [3.8, 4) is 5.75 Å². The van der Waals surface area contributed by atoms with Gasteiger partial charge in [0, 0.05) is 5.02 Å². The van der Waals surface area contributed by atoms with Crippen molar-refractivity contribution in [1.29, 1.82) is 5.41 Å². The summed E-state index contributed by atoms with van der Waals surface area (Å²) in [7, 11) is 0. The van der Waals surface area contributed by atoms with Crippen molar-refractivity contribution in [2.24, 2.45) is 0 Å². The van der Waals surface area contributed by atoms with Gasteiger partial charge in [-0.1, -0.05) is 11.6 Å². The summed E-state index contributed by atoms with van der Waals surface area (Å²) in [5.41, 5.74) is 0.473. The van der Waals surface area contributed by atoms with Crippen LogP contribution in [0.25, 0.3) is 11.0 Å². The Morgan fingerprint density at radius 2 is 2.24 bits per heavy atom. The summed E-state index contributed by atoms with van der Waals surface area (Å²) in [6.45, 7) is 2.10. The van der Waals surface area contributed by atoms with Gasteiger partial charge in [-0.05, 0) is 25.1 Å². The summed E-state index contributed by atoms with van der Waals surface area (Å²) in [6, 6.07) is 4.87. The van der Waals surface area contributed by atoms with Gasteiger partial charge in [0.1, 0.15) is 5.58 Å². The lowest BCUT2D eigenvalue weighted by molar-refractivity contribution is 0.314. The highest BCUT2D eigenvalue weighted by Crippen LogP contribution is 2.33. The molecule has 0 bridgehead atoms. The Kier molecular flexibility index (Phi) is 4.26. The fourth-order valence-corrected chi connectivity index (χ4v) is 1.59. The Hall–Kier alpha value is -1.39. The maximum absolute atomic E-state index is 9.84. The normalized spacial score (nSPS) is 10.0. The Balaban J connectivity index is 0.00000144. The highest BCUT2D eigenvalue weighted by molar-refractivity contribution is 6.31. The van der Waals surface area contributed by atoms with Gasteiger partial charge in [-0.2, -0.15) is 0 Å². The molecule has 1 aromatic carbocycles. The molecule has 0 aliphatic rings. The number of furan rings is 1. The van der Waals surface area contributed by atoms with Crippen LogP contribution in [0.3, 0.4) is 0 Å². The third-order valence-corrected chi connectivity index (χ3v) is 2.35. The molecule has 0 atom stereocenters. The first-order valence-electron chi connectivity index (χ1n) is 4.76. The largest absolute Gasteiger partial charge is 0.504 e. The summed E-state index contributed by atoms with van der Waals surface area (Å²) < 4.78 is 10.3. The SMILES string of the molecule is CCOC(=N)c1oc2ccc(Cl)cc2c1O.Cl. The van der Waals surface area contributed by atoms with Gasteiger partial charge in [-0.15, -0.1) is 12.4 Å². The molecular weight excluding hydrogens is 265 g/mol. The van der Waals surface area contributed by atoms with E-state index in [-0.39, 0.29) is 29.8 Å². The standard InChI is InChI=1S/C11H10ClNO3.ClH/c1-2-15-11(13)10-9(14)7-5-6(12)3-4-8(7)16-10;/h3-5,13-14H,2H2,1H3;1H. The summed E-state index contributed by atoms with van der Waals surface area (Å²) >= 11 is 5.80. The van der Waals surface area contributed by atoms with E-state index in [1.165, 1.54) is 0 Å². The van der Waals surface area contributed by atoms with Gasteiger partial charge in [0.15, 0.2) is 5.75 Å². The molecule has 0 aliphatic carbocycles. The molecule has 0 amide bonds. The first kappa shape index (κ1) is 13.7. The van der Waals surface area contributed by atoms with Crippen LogP contribution in [-0.2, 0) is 4.74 Å². The van der Waals surface area contributed by atoms with E-state index in [9.17, 15) is 5.11 Å². The van der Waals surface area contributed by atoms with Gasteiger partial charge in [0.25, 0.3) is 5.90 Å². The summed E-state index contributed by atoms with van der Waals surface area (Å²) in [5, 5.41) is 18.4. The van der Waals surface area contributed by atoms with Crippen molar-refractivity contribution >= 4 is 40.9 Å². The van der Waals surface area contributed by atoms with E-state index in [4.69, 9.17) is 26.2 Å². The van der Waals surface area contributed by atoms with Crippen molar-refractivity contribution in [1.82, 2.24) is 0 Å². The van der Waals surface area contributed by atoms with Crippen molar-refractivity contribution in [2.45, 2.75) is 6.92 Å². The minimum atomic E-state index is -0.188. The smallest absolute Gasteiger partial charge is 0.254 e. The topological polar surface area (TPSA) is 66.5 Å². The molecule has 4 nitrogen and oxygen atoms in total. The van der Waals surface area contributed by atoms with E-state index >= 15 is 0 Å². The third kappa shape index (κ3) is 2.48. The van der Waals surface area contributed by atoms with Crippen LogP contribution in [-0.4, -0.2) is 17.6 Å². The summed E-state index contributed by atoms with van der Waals surface area (Å²) in [4.78, 5) is 0. The van der Waals surface area contributed by atoms with E-state index in [0.29, 0.717) is 22.6 Å². The van der Waals surface area contributed by atoms with E-state index in [1.54, 1.807) is 25.1 Å². The molecule has 0 spiro atoms. The first-order chi connectivity index (χ1) is 7.63. The summed E-state index contributed by atoms with van der Waals surface area (Å²) in [5.74, 6) is -0.276. The van der Waals surface area contributed by atoms with Crippen molar-refractivity contribution in [3.05, 3.63) is 29.0 Å². The lowest BCUT2D eigenvalue weighted by Gasteiger charge is -2.00. The van der Waals surface area contributed by atoms with Crippen LogP contribution in [0, 0.1) is 5.41 Å². The third-order valence-electron chi connectivity index (χ3n) is 2.12. The van der Waals surface area contributed by atoms with Crippen molar-refractivity contribution < 1.29 is 14.3 Å². The number of halogens is 2. The maximum Gasteiger partial charge on any atom is 0.254 e. The quantitative estimate of drug-likeness (QED) is 0.650. The Labute approximate surface area is 109 Å². The van der Waals surface area contributed by atoms with Gasteiger partial charge in [0.05, 0.1) is 12.0 Å². The number of fused-ring (bicyclic) bond motifs is 1. The average molecular weight is 276 g/mol. The highest BCUT2D eigenvalue weighted by Gasteiger charge is 2.18. The highest BCUT2D eigenvalue weighted by atomic mass is 35.5. The predicted molar refractivity (Wildman–Crippen MR) is 68.6 cm³/mol. The van der Waals surface area contributed by atoms with Gasteiger partial charge in [-0.25, -0.2) is 0 Å².